The predicted molar refractivity (Wildman–Crippen MR) is 60.3 cm³/mol. The number of nitrogens with two attached hydrogens (primary N) is 1. The normalized spacial score (nSPS) is 12.1. The van der Waals surface area contributed by atoms with Gasteiger partial charge in [-0.15, -0.1) is 11.8 Å². The van der Waals surface area contributed by atoms with E-state index >= 15 is 0 Å². The van der Waals surface area contributed by atoms with E-state index in [2.05, 4.69) is 13.0 Å². The first-order valence-corrected chi connectivity index (χ1v) is 5.42. The summed E-state index contributed by atoms with van der Waals surface area (Å²) in [5.74, 6) is 0. The van der Waals surface area contributed by atoms with Crippen molar-refractivity contribution in [3.05, 3.63) is 29.3 Å². The molecule has 1 aromatic carbocycles. The van der Waals surface area contributed by atoms with Crippen molar-refractivity contribution in [1.82, 2.24) is 0 Å². The van der Waals surface area contributed by atoms with E-state index in [1.165, 1.54) is 5.56 Å². The molecule has 0 radical (unpaired) electrons. The van der Waals surface area contributed by atoms with Crippen LogP contribution < -0.4 is 5.73 Å². The van der Waals surface area contributed by atoms with Crippen molar-refractivity contribution in [3.63, 3.8) is 0 Å². The summed E-state index contributed by atoms with van der Waals surface area (Å²) < 4.78 is 0. The van der Waals surface area contributed by atoms with Crippen molar-refractivity contribution in [1.29, 1.82) is 5.26 Å². The van der Waals surface area contributed by atoms with Gasteiger partial charge in [-0.25, -0.2) is 0 Å². The molecule has 0 spiro atoms. The Hall–Kier alpha value is -0.980. The molecule has 1 unspecified atom stereocenters. The van der Waals surface area contributed by atoms with E-state index in [9.17, 15) is 0 Å². The van der Waals surface area contributed by atoms with Gasteiger partial charge in [0.1, 0.15) is 6.07 Å². The fourth-order valence-electron chi connectivity index (χ4n) is 1.08. The van der Waals surface area contributed by atoms with Gasteiger partial charge in [0.05, 0.1) is 5.56 Å². The van der Waals surface area contributed by atoms with Crippen LogP contribution in [0.4, 0.5) is 0 Å². The van der Waals surface area contributed by atoms with Gasteiger partial charge in [-0.1, -0.05) is 13.0 Å². The molecule has 1 rings (SSSR count). The monoisotopic (exact) mass is 206 g/mol. The van der Waals surface area contributed by atoms with E-state index in [-0.39, 0.29) is 0 Å². The Kier molecular flexibility index (Phi) is 3.99. The zero-order valence-corrected chi connectivity index (χ0v) is 9.27. The highest BCUT2D eigenvalue weighted by Crippen LogP contribution is 2.26. The number of thioether (sulfide) groups is 1. The van der Waals surface area contributed by atoms with E-state index in [1.807, 2.05) is 25.1 Å². The lowest BCUT2D eigenvalue weighted by molar-refractivity contribution is 0.950. The van der Waals surface area contributed by atoms with E-state index in [0.29, 0.717) is 11.8 Å². The molecule has 1 atom stereocenters. The van der Waals surface area contributed by atoms with Gasteiger partial charge in [0.2, 0.25) is 0 Å². The van der Waals surface area contributed by atoms with E-state index in [1.54, 1.807) is 11.8 Å². The molecule has 2 nitrogen and oxygen atoms in total. The highest BCUT2D eigenvalue weighted by molar-refractivity contribution is 8.00. The molecule has 0 aliphatic carbocycles. The Balaban J connectivity index is 2.94. The summed E-state index contributed by atoms with van der Waals surface area (Å²) in [7, 11) is 0. The molecule has 0 fully saturated rings. The first-order valence-electron chi connectivity index (χ1n) is 4.55. The number of nitrogens with zero attached hydrogens (tertiary/aromatic N) is 1. The number of hydrogen-bond donors (Lipinski definition) is 1. The lowest BCUT2D eigenvalue weighted by Gasteiger charge is -2.09. The topological polar surface area (TPSA) is 49.8 Å². The summed E-state index contributed by atoms with van der Waals surface area (Å²) in [6.07, 6.45) is 0. The van der Waals surface area contributed by atoms with Crippen LogP contribution in [-0.4, -0.2) is 11.8 Å². The standard InChI is InChI=1S/C11H14N2S/c1-8-3-4-10(7-13)11(5-8)14-9(2)6-12/h3-5,9H,6,12H2,1-2H3. The van der Waals surface area contributed by atoms with E-state index in [4.69, 9.17) is 11.0 Å². The molecule has 0 aromatic heterocycles. The van der Waals surface area contributed by atoms with Gasteiger partial charge in [0.25, 0.3) is 0 Å². The van der Waals surface area contributed by atoms with Gasteiger partial charge in [0.15, 0.2) is 0 Å². The summed E-state index contributed by atoms with van der Waals surface area (Å²) in [4.78, 5) is 1.03. The first-order chi connectivity index (χ1) is 6.67. The maximum absolute atomic E-state index is 8.90. The summed E-state index contributed by atoms with van der Waals surface area (Å²) in [5, 5.41) is 9.25. The van der Waals surface area contributed by atoms with Crippen LogP contribution >= 0.6 is 11.8 Å². The van der Waals surface area contributed by atoms with Crippen LogP contribution in [0.25, 0.3) is 0 Å². The number of aryl methyl sites for hydroxylation is 1. The van der Waals surface area contributed by atoms with Gasteiger partial charge < -0.3 is 5.73 Å². The van der Waals surface area contributed by atoms with E-state index in [0.717, 1.165) is 10.5 Å². The maximum Gasteiger partial charge on any atom is 0.100 e. The first kappa shape index (κ1) is 11.1. The molecule has 0 bridgehead atoms. The summed E-state index contributed by atoms with van der Waals surface area (Å²) >= 11 is 1.66. The van der Waals surface area contributed by atoms with Crippen molar-refractivity contribution < 1.29 is 0 Å². The van der Waals surface area contributed by atoms with Crippen LogP contribution in [0.5, 0.6) is 0 Å². The van der Waals surface area contributed by atoms with Gasteiger partial charge in [0, 0.05) is 16.7 Å². The zero-order chi connectivity index (χ0) is 10.6. The number of nitriles is 1. The van der Waals surface area contributed by atoms with Crippen LogP contribution in [0, 0.1) is 18.3 Å². The third-order valence-corrected chi connectivity index (χ3v) is 3.10. The number of benzene rings is 1. The quantitative estimate of drug-likeness (QED) is 0.772. The minimum absolute atomic E-state index is 0.351. The summed E-state index contributed by atoms with van der Waals surface area (Å²) in [5.41, 5.74) is 7.46. The Bertz CT molecular complexity index is 355. The smallest absolute Gasteiger partial charge is 0.100 e. The Morgan fingerprint density at radius 3 is 2.86 bits per heavy atom. The van der Waals surface area contributed by atoms with Gasteiger partial charge in [-0.05, 0) is 24.6 Å². The van der Waals surface area contributed by atoms with Crippen molar-refractivity contribution in [2.75, 3.05) is 6.54 Å². The largest absolute Gasteiger partial charge is 0.329 e. The Morgan fingerprint density at radius 1 is 1.57 bits per heavy atom. The Morgan fingerprint density at radius 2 is 2.29 bits per heavy atom. The van der Waals surface area contributed by atoms with Crippen LogP contribution in [-0.2, 0) is 0 Å². The zero-order valence-electron chi connectivity index (χ0n) is 8.45. The maximum atomic E-state index is 8.90. The third-order valence-electron chi connectivity index (χ3n) is 1.92. The lowest BCUT2D eigenvalue weighted by atomic mass is 10.2. The Labute approximate surface area is 89.1 Å². The minimum Gasteiger partial charge on any atom is -0.329 e. The molecule has 0 aliphatic rings. The molecular formula is C11H14N2S. The molecule has 2 N–H and O–H groups in total. The molecule has 0 saturated heterocycles. The van der Waals surface area contributed by atoms with Crippen LogP contribution in [0.1, 0.15) is 18.1 Å². The molecule has 0 aliphatic heterocycles. The molecule has 74 valence electrons. The predicted octanol–water partition coefficient (Wildman–Crippen LogP) is 2.31. The lowest BCUT2D eigenvalue weighted by Crippen LogP contribution is -2.12. The van der Waals surface area contributed by atoms with Gasteiger partial charge in [-0.3, -0.25) is 0 Å². The van der Waals surface area contributed by atoms with Crippen LogP contribution in [0.3, 0.4) is 0 Å². The second-order valence-corrected chi connectivity index (χ2v) is 4.76. The van der Waals surface area contributed by atoms with Crippen molar-refractivity contribution >= 4 is 11.8 Å². The molecular weight excluding hydrogens is 192 g/mol. The fourth-order valence-corrected chi connectivity index (χ4v) is 2.11. The third kappa shape index (κ3) is 2.76. The highest BCUT2D eigenvalue weighted by Gasteiger charge is 2.06. The van der Waals surface area contributed by atoms with Crippen molar-refractivity contribution in [3.8, 4) is 6.07 Å². The van der Waals surface area contributed by atoms with Crippen LogP contribution in [0.2, 0.25) is 0 Å². The molecule has 0 heterocycles. The van der Waals surface area contributed by atoms with Crippen LogP contribution in [0.15, 0.2) is 23.1 Å². The number of hydrogen-bond acceptors (Lipinski definition) is 3. The average Bonchev–Trinajstić information content (AvgIpc) is 2.18. The van der Waals surface area contributed by atoms with Crippen molar-refractivity contribution in [2.24, 2.45) is 5.73 Å². The molecule has 14 heavy (non-hydrogen) atoms. The molecule has 0 saturated carbocycles. The highest BCUT2D eigenvalue weighted by atomic mass is 32.2. The van der Waals surface area contributed by atoms with E-state index < -0.39 is 0 Å². The molecule has 3 heteroatoms. The van der Waals surface area contributed by atoms with Gasteiger partial charge >= 0.3 is 0 Å². The van der Waals surface area contributed by atoms with Gasteiger partial charge in [-0.2, -0.15) is 5.26 Å². The van der Waals surface area contributed by atoms with Crippen molar-refractivity contribution in [2.45, 2.75) is 24.0 Å². The molecule has 1 aromatic rings. The minimum atomic E-state index is 0.351. The second-order valence-electron chi connectivity index (χ2n) is 3.28. The number of rotatable bonds is 3. The fraction of sp³-hybridized carbons (Fsp3) is 0.364. The summed E-state index contributed by atoms with van der Waals surface area (Å²) in [6, 6.07) is 8.04. The second kappa shape index (κ2) is 5.04. The molecule has 0 amide bonds. The SMILES string of the molecule is Cc1ccc(C#N)c(SC(C)CN)c1. The summed E-state index contributed by atoms with van der Waals surface area (Å²) in [6.45, 7) is 4.72. The average molecular weight is 206 g/mol.